The van der Waals surface area contributed by atoms with Crippen molar-refractivity contribution in [2.24, 2.45) is 0 Å². The maximum atomic E-state index is 11.3. The lowest BCUT2D eigenvalue weighted by molar-refractivity contribution is 0.0698. The lowest BCUT2D eigenvalue weighted by Crippen LogP contribution is -2.04. The van der Waals surface area contributed by atoms with Crippen LogP contribution in [0.25, 0.3) is 0 Å². The fourth-order valence-corrected chi connectivity index (χ4v) is 1.99. The molecule has 21 heavy (non-hydrogen) atoms. The van der Waals surface area contributed by atoms with Gasteiger partial charge >= 0.3 is 5.97 Å². The number of nitrogens with one attached hydrogen (secondary N) is 1. The summed E-state index contributed by atoms with van der Waals surface area (Å²) in [6.45, 7) is 1.85. The average molecular weight is 287 g/mol. The van der Waals surface area contributed by atoms with Crippen LogP contribution in [0.4, 0.5) is 11.4 Å². The van der Waals surface area contributed by atoms with Gasteiger partial charge in [-0.15, -0.1) is 0 Å². The fourth-order valence-electron chi connectivity index (χ4n) is 1.99. The van der Waals surface area contributed by atoms with E-state index in [9.17, 15) is 9.90 Å². The Hall–Kier alpha value is -2.69. The highest BCUT2D eigenvalue weighted by Gasteiger charge is 2.12. The van der Waals surface area contributed by atoms with E-state index in [4.69, 9.17) is 9.47 Å². The molecule has 0 aliphatic heterocycles. The first kappa shape index (κ1) is 14.7. The summed E-state index contributed by atoms with van der Waals surface area (Å²) >= 11 is 0. The summed E-state index contributed by atoms with van der Waals surface area (Å²) in [6, 6.07) is 10.5. The van der Waals surface area contributed by atoms with Crippen molar-refractivity contribution in [2.45, 2.75) is 6.92 Å². The maximum absolute atomic E-state index is 11.3. The minimum absolute atomic E-state index is 0.216. The van der Waals surface area contributed by atoms with Gasteiger partial charge in [0.2, 0.25) is 0 Å². The van der Waals surface area contributed by atoms with Crippen LogP contribution < -0.4 is 14.8 Å². The normalized spacial score (nSPS) is 10.0. The monoisotopic (exact) mass is 287 g/mol. The largest absolute Gasteiger partial charge is 0.497 e. The van der Waals surface area contributed by atoms with Crippen molar-refractivity contribution in [3.63, 3.8) is 0 Å². The molecule has 5 nitrogen and oxygen atoms in total. The number of aryl methyl sites for hydroxylation is 1. The minimum Gasteiger partial charge on any atom is -0.497 e. The van der Waals surface area contributed by atoms with Gasteiger partial charge in [-0.2, -0.15) is 0 Å². The highest BCUT2D eigenvalue weighted by Crippen LogP contribution is 2.32. The molecular weight excluding hydrogens is 270 g/mol. The van der Waals surface area contributed by atoms with Crippen LogP contribution in [-0.4, -0.2) is 25.3 Å². The van der Waals surface area contributed by atoms with E-state index in [-0.39, 0.29) is 5.56 Å². The molecule has 110 valence electrons. The fraction of sp³-hybridized carbons (Fsp3) is 0.188. The lowest BCUT2D eigenvalue weighted by Gasteiger charge is -2.14. The number of methoxy groups -OCH3 is 2. The van der Waals surface area contributed by atoms with Gasteiger partial charge in [0.1, 0.15) is 11.5 Å². The molecule has 0 radical (unpaired) electrons. The van der Waals surface area contributed by atoms with Crippen molar-refractivity contribution in [3.05, 3.63) is 47.5 Å². The molecule has 2 N–H and O–H groups in total. The Morgan fingerprint density at radius 3 is 2.38 bits per heavy atom. The number of carbonyl (C=O) groups is 1. The summed E-state index contributed by atoms with van der Waals surface area (Å²) in [4.78, 5) is 11.3. The van der Waals surface area contributed by atoms with Gasteiger partial charge in [-0.3, -0.25) is 0 Å². The molecule has 0 aliphatic rings. The summed E-state index contributed by atoms with van der Waals surface area (Å²) in [5.74, 6) is 0.264. The second-order valence-corrected chi connectivity index (χ2v) is 4.55. The van der Waals surface area contributed by atoms with E-state index < -0.39 is 5.97 Å². The average Bonchev–Trinajstić information content (AvgIpc) is 2.49. The standard InChI is InChI=1S/C16H17NO4/c1-10-4-6-13(12(8-10)16(18)19)17-14-7-5-11(20-2)9-15(14)21-3/h4-9,17H,1-3H3,(H,18,19). The Morgan fingerprint density at radius 2 is 1.76 bits per heavy atom. The number of rotatable bonds is 5. The maximum Gasteiger partial charge on any atom is 0.337 e. The van der Waals surface area contributed by atoms with Gasteiger partial charge in [0, 0.05) is 6.07 Å². The second kappa shape index (κ2) is 6.17. The Labute approximate surface area is 123 Å². The third kappa shape index (κ3) is 3.25. The Kier molecular flexibility index (Phi) is 4.33. The molecule has 5 heteroatoms. The molecule has 0 bridgehead atoms. The van der Waals surface area contributed by atoms with Crippen molar-refractivity contribution in [2.75, 3.05) is 19.5 Å². The summed E-state index contributed by atoms with van der Waals surface area (Å²) in [7, 11) is 3.12. The zero-order valence-corrected chi connectivity index (χ0v) is 12.1. The number of ether oxygens (including phenoxy) is 2. The van der Waals surface area contributed by atoms with Gasteiger partial charge in [0.05, 0.1) is 31.2 Å². The first-order valence-corrected chi connectivity index (χ1v) is 6.38. The van der Waals surface area contributed by atoms with E-state index in [1.54, 1.807) is 44.6 Å². The van der Waals surface area contributed by atoms with Crippen molar-refractivity contribution < 1.29 is 19.4 Å². The molecular formula is C16H17NO4. The number of aromatic carboxylic acids is 1. The van der Waals surface area contributed by atoms with E-state index in [0.29, 0.717) is 22.9 Å². The van der Waals surface area contributed by atoms with Gasteiger partial charge in [0.25, 0.3) is 0 Å². The Morgan fingerprint density at radius 1 is 1.05 bits per heavy atom. The smallest absolute Gasteiger partial charge is 0.337 e. The summed E-state index contributed by atoms with van der Waals surface area (Å²) in [5.41, 5.74) is 2.29. The van der Waals surface area contributed by atoms with Crippen LogP contribution in [0.2, 0.25) is 0 Å². The van der Waals surface area contributed by atoms with Crippen molar-refractivity contribution in [1.82, 2.24) is 0 Å². The molecule has 2 aromatic rings. The van der Waals surface area contributed by atoms with Crippen LogP contribution >= 0.6 is 0 Å². The highest BCUT2D eigenvalue weighted by atomic mass is 16.5. The third-order valence-corrected chi connectivity index (χ3v) is 3.08. The molecule has 0 spiro atoms. The third-order valence-electron chi connectivity index (χ3n) is 3.08. The summed E-state index contributed by atoms with van der Waals surface area (Å²) in [5, 5.41) is 12.4. The zero-order valence-electron chi connectivity index (χ0n) is 12.1. The van der Waals surface area contributed by atoms with E-state index in [1.165, 1.54) is 0 Å². The van der Waals surface area contributed by atoms with E-state index in [1.807, 2.05) is 13.0 Å². The van der Waals surface area contributed by atoms with Crippen molar-refractivity contribution in [3.8, 4) is 11.5 Å². The van der Waals surface area contributed by atoms with Crippen LogP contribution in [0.1, 0.15) is 15.9 Å². The molecule has 0 atom stereocenters. The molecule has 0 unspecified atom stereocenters. The molecule has 0 amide bonds. The number of hydrogen-bond acceptors (Lipinski definition) is 4. The predicted molar refractivity (Wildman–Crippen MR) is 81.0 cm³/mol. The topological polar surface area (TPSA) is 67.8 Å². The Balaban J connectivity index is 2.40. The minimum atomic E-state index is -0.978. The molecule has 0 aromatic heterocycles. The Bertz CT molecular complexity index is 667. The number of carboxylic acids is 1. The van der Waals surface area contributed by atoms with Gasteiger partial charge in [0.15, 0.2) is 0 Å². The van der Waals surface area contributed by atoms with Crippen LogP contribution in [0.5, 0.6) is 11.5 Å². The molecule has 0 saturated carbocycles. The second-order valence-electron chi connectivity index (χ2n) is 4.55. The molecule has 2 rings (SSSR count). The predicted octanol–water partition coefficient (Wildman–Crippen LogP) is 3.45. The molecule has 2 aromatic carbocycles. The van der Waals surface area contributed by atoms with Gasteiger partial charge in [-0.25, -0.2) is 4.79 Å². The van der Waals surface area contributed by atoms with E-state index in [0.717, 1.165) is 5.56 Å². The zero-order chi connectivity index (χ0) is 15.4. The van der Waals surface area contributed by atoms with Gasteiger partial charge in [-0.1, -0.05) is 11.6 Å². The first-order chi connectivity index (χ1) is 10.0. The SMILES string of the molecule is COc1ccc(Nc2ccc(C)cc2C(=O)O)c(OC)c1. The van der Waals surface area contributed by atoms with Crippen LogP contribution in [-0.2, 0) is 0 Å². The van der Waals surface area contributed by atoms with Crippen molar-refractivity contribution in [1.29, 1.82) is 0 Å². The van der Waals surface area contributed by atoms with Gasteiger partial charge in [-0.05, 0) is 31.2 Å². The van der Waals surface area contributed by atoms with E-state index in [2.05, 4.69) is 5.32 Å². The summed E-state index contributed by atoms with van der Waals surface area (Å²) < 4.78 is 10.4. The molecule has 0 saturated heterocycles. The highest BCUT2D eigenvalue weighted by molar-refractivity contribution is 5.95. The summed E-state index contributed by atoms with van der Waals surface area (Å²) in [6.07, 6.45) is 0. The molecule has 0 aliphatic carbocycles. The molecule has 0 heterocycles. The first-order valence-electron chi connectivity index (χ1n) is 6.38. The lowest BCUT2D eigenvalue weighted by atomic mass is 10.1. The van der Waals surface area contributed by atoms with E-state index >= 15 is 0 Å². The number of hydrogen-bond donors (Lipinski definition) is 2. The van der Waals surface area contributed by atoms with Gasteiger partial charge < -0.3 is 19.9 Å². The number of anilines is 2. The number of benzene rings is 2. The molecule has 0 fully saturated rings. The van der Waals surface area contributed by atoms with Crippen LogP contribution in [0.3, 0.4) is 0 Å². The quantitative estimate of drug-likeness (QED) is 0.881. The van der Waals surface area contributed by atoms with Crippen LogP contribution in [0, 0.1) is 6.92 Å². The number of carboxylic acid groups (broad SMARTS) is 1. The van der Waals surface area contributed by atoms with Crippen LogP contribution in [0.15, 0.2) is 36.4 Å². The van der Waals surface area contributed by atoms with Crippen molar-refractivity contribution >= 4 is 17.3 Å².